The summed E-state index contributed by atoms with van der Waals surface area (Å²) in [6.45, 7) is 8.67. The quantitative estimate of drug-likeness (QED) is 0.348. The van der Waals surface area contributed by atoms with E-state index in [0.717, 1.165) is 19.3 Å². The van der Waals surface area contributed by atoms with Gasteiger partial charge in [-0.3, -0.25) is 0 Å². The molecule has 1 aromatic carbocycles. The molecule has 0 radical (unpaired) electrons. The van der Waals surface area contributed by atoms with Gasteiger partial charge in [-0.1, -0.05) is 58.9 Å². The number of rotatable bonds is 12. The van der Waals surface area contributed by atoms with Crippen molar-refractivity contribution in [3.05, 3.63) is 35.4 Å². The van der Waals surface area contributed by atoms with E-state index < -0.39 is 5.97 Å². The Labute approximate surface area is 158 Å². The van der Waals surface area contributed by atoms with Crippen molar-refractivity contribution >= 4 is 11.9 Å². The van der Waals surface area contributed by atoms with E-state index in [2.05, 4.69) is 20.8 Å². The number of ether oxygens (including phenoxy) is 2. The average Bonchev–Trinajstić information content (AvgIpc) is 2.60. The summed E-state index contributed by atoms with van der Waals surface area (Å²) < 4.78 is 10.7. The fourth-order valence-electron chi connectivity index (χ4n) is 2.87. The van der Waals surface area contributed by atoms with Crippen molar-refractivity contribution in [2.75, 3.05) is 6.61 Å². The zero-order chi connectivity index (χ0) is 19.4. The van der Waals surface area contributed by atoms with Gasteiger partial charge in [0, 0.05) is 0 Å². The van der Waals surface area contributed by atoms with Crippen molar-refractivity contribution < 1.29 is 19.1 Å². The Bertz CT molecular complexity index is 551. The van der Waals surface area contributed by atoms with Crippen LogP contribution in [0, 0.1) is 5.92 Å². The van der Waals surface area contributed by atoms with Crippen LogP contribution in [0.3, 0.4) is 0 Å². The van der Waals surface area contributed by atoms with E-state index in [4.69, 9.17) is 9.47 Å². The molecule has 0 amide bonds. The Morgan fingerprint density at radius 3 is 2.19 bits per heavy atom. The maximum Gasteiger partial charge on any atom is 0.338 e. The van der Waals surface area contributed by atoms with E-state index in [1.165, 1.54) is 25.7 Å². The first-order chi connectivity index (χ1) is 12.4. The molecule has 0 N–H and O–H groups in total. The zero-order valence-electron chi connectivity index (χ0n) is 16.8. The standard InChI is InChI=1S/C22H34O4/c1-5-6-7-8-9-10-14-25-21(23)19-12-11-13-20(16-19)22(24)26-18(4)15-17(2)3/h11-13,16-18H,5-10,14-15H2,1-4H3. The second-order valence-electron chi connectivity index (χ2n) is 7.33. The average molecular weight is 363 g/mol. The largest absolute Gasteiger partial charge is 0.462 e. The van der Waals surface area contributed by atoms with Crippen LogP contribution in [0.2, 0.25) is 0 Å². The minimum absolute atomic E-state index is 0.147. The van der Waals surface area contributed by atoms with E-state index in [1.54, 1.807) is 24.3 Å². The smallest absolute Gasteiger partial charge is 0.338 e. The molecule has 0 aliphatic rings. The third-order valence-corrected chi connectivity index (χ3v) is 4.18. The van der Waals surface area contributed by atoms with Gasteiger partial charge in [0.2, 0.25) is 0 Å². The summed E-state index contributed by atoms with van der Waals surface area (Å²) in [5, 5.41) is 0. The number of hydrogen-bond acceptors (Lipinski definition) is 4. The summed E-state index contributed by atoms with van der Waals surface area (Å²) in [7, 11) is 0. The molecule has 26 heavy (non-hydrogen) atoms. The summed E-state index contributed by atoms with van der Waals surface area (Å²) in [6.07, 6.45) is 7.53. The van der Waals surface area contributed by atoms with Crippen LogP contribution in [0.5, 0.6) is 0 Å². The lowest BCUT2D eigenvalue weighted by molar-refractivity contribution is 0.0299. The van der Waals surface area contributed by atoms with Gasteiger partial charge in [0.25, 0.3) is 0 Å². The van der Waals surface area contributed by atoms with Crippen molar-refractivity contribution in [3.63, 3.8) is 0 Å². The highest BCUT2D eigenvalue weighted by Crippen LogP contribution is 2.13. The second-order valence-corrected chi connectivity index (χ2v) is 7.33. The van der Waals surface area contributed by atoms with Gasteiger partial charge < -0.3 is 9.47 Å². The predicted molar refractivity (Wildman–Crippen MR) is 104 cm³/mol. The molecule has 0 spiro atoms. The van der Waals surface area contributed by atoms with Crippen LogP contribution in [-0.2, 0) is 9.47 Å². The minimum Gasteiger partial charge on any atom is -0.462 e. The van der Waals surface area contributed by atoms with Gasteiger partial charge in [0.05, 0.1) is 23.8 Å². The van der Waals surface area contributed by atoms with E-state index in [1.807, 2.05) is 6.92 Å². The van der Waals surface area contributed by atoms with Crippen molar-refractivity contribution in [2.45, 2.75) is 78.7 Å². The monoisotopic (exact) mass is 362 g/mol. The third-order valence-electron chi connectivity index (χ3n) is 4.18. The molecule has 1 unspecified atom stereocenters. The Morgan fingerprint density at radius 2 is 1.54 bits per heavy atom. The summed E-state index contributed by atoms with van der Waals surface area (Å²) in [5.74, 6) is -0.326. The highest BCUT2D eigenvalue weighted by Gasteiger charge is 2.15. The highest BCUT2D eigenvalue weighted by molar-refractivity contribution is 5.95. The predicted octanol–water partition coefficient (Wildman–Crippen LogP) is 5.80. The van der Waals surface area contributed by atoms with Gasteiger partial charge in [-0.05, 0) is 43.9 Å². The summed E-state index contributed by atoms with van der Waals surface area (Å²) in [5.41, 5.74) is 0.775. The summed E-state index contributed by atoms with van der Waals surface area (Å²) in [4.78, 5) is 24.4. The maximum absolute atomic E-state index is 12.2. The van der Waals surface area contributed by atoms with Crippen LogP contribution < -0.4 is 0 Å². The van der Waals surface area contributed by atoms with Gasteiger partial charge in [-0.2, -0.15) is 0 Å². The molecule has 0 fully saturated rings. The van der Waals surface area contributed by atoms with E-state index in [-0.39, 0.29) is 12.1 Å². The van der Waals surface area contributed by atoms with Crippen molar-refractivity contribution in [1.29, 1.82) is 0 Å². The molecule has 0 saturated heterocycles. The second kappa shape index (κ2) is 12.5. The first-order valence-corrected chi connectivity index (χ1v) is 9.92. The zero-order valence-corrected chi connectivity index (χ0v) is 16.8. The van der Waals surface area contributed by atoms with Crippen LogP contribution in [0.15, 0.2) is 24.3 Å². The molecule has 1 rings (SSSR count). The molecular formula is C22H34O4. The Kier molecular flexibility index (Phi) is 10.7. The number of esters is 2. The van der Waals surface area contributed by atoms with Gasteiger partial charge in [-0.25, -0.2) is 9.59 Å². The van der Waals surface area contributed by atoms with Gasteiger partial charge >= 0.3 is 11.9 Å². The lowest BCUT2D eigenvalue weighted by atomic mass is 10.1. The molecule has 0 aliphatic heterocycles. The Balaban J connectivity index is 2.44. The molecule has 0 aliphatic carbocycles. The molecule has 0 aromatic heterocycles. The fraction of sp³-hybridized carbons (Fsp3) is 0.636. The van der Waals surface area contributed by atoms with E-state index in [9.17, 15) is 9.59 Å². The third kappa shape index (κ3) is 9.02. The topological polar surface area (TPSA) is 52.6 Å². The number of carbonyl (C=O) groups excluding carboxylic acids is 2. The summed E-state index contributed by atoms with van der Waals surface area (Å²) in [6, 6.07) is 6.56. The lowest BCUT2D eigenvalue weighted by Crippen LogP contribution is -2.17. The number of benzene rings is 1. The van der Waals surface area contributed by atoms with Crippen LogP contribution in [-0.4, -0.2) is 24.6 Å². The highest BCUT2D eigenvalue weighted by atomic mass is 16.5. The van der Waals surface area contributed by atoms with Crippen LogP contribution in [0.1, 0.15) is 93.4 Å². The Hall–Kier alpha value is -1.84. The molecule has 1 aromatic rings. The minimum atomic E-state index is -0.399. The van der Waals surface area contributed by atoms with Gasteiger partial charge in [0.1, 0.15) is 0 Å². The first-order valence-electron chi connectivity index (χ1n) is 9.92. The molecule has 4 heteroatoms. The van der Waals surface area contributed by atoms with Crippen molar-refractivity contribution in [2.24, 2.45) is 5.92 Å². The first kappa shape index (κ1) is 22.2. The number of carbonyl (C=O) groups is 2. The fourth-order valence-corrected chi connectivity index (χ4v) is 2.87. The number of unbranched alkanes of at least 4 members (excludes halogenated alkanes) is 5. The molecule has 4 nitrogen and oxygen atoms in total. The molecule has 0 saturated carbocycles. The summed E-state index contributed by atoms with van der Waals surface area (Å²) >= 11 is 0. The molecule has 0 bridgehead atoms. The number of hydrogen-bond donors (Lipinski definition) is 0. The normalized spacial score (nSPS) is 12.0. The van der Waals surface area contributed by atoms with E-state index >= 15 is 0 Å². The SMILES string of the molecule is CCCCCCCCOC(=O)c1cccc(C(=O)OC(C)CC(C)C)c1. The molecule has 146 valence electrons. The van der Waals surface area contributed by atoms with Gasteiger partial charge in [0.15, 0.2) is 0 Å². The van der Waals surface area contributed by atoms with Crippen LogP contribution in [0.25, 0.3) is 0 Å². The molecule has 1 atom stereocenters. The lowest BCUT2D eigenvalue weighted by Gasteiger charge is -2.15. The van der Waals surface area contributed by atoms with E-state index in [0.29, 0.717) is 23.7 Å². The Morgan fingerprint density at radius 1 is 0.923 bits per heavy atom. The molecular weight excluding hydrogens is 328 g/mol. The van der Waals surface area contributed by atoms with Crippen LogP contribution >= 0.6 is 0 Å². The molecule has 0 heterocycles. The van der Waals surface area contributed by atoms with Gasteiger partial charge in [-0.15, -0.1) is 0 Å². The maximum atomic E-state index is 12.2. The van der Waals surface area contributed by atoms with Crippen LogP contribution in [0.4, 0.5) is 0 Å². The van der Waals surface area contributed by atoms with Crippen molar-refractivity contribution in [3.8, 4) is 0 Å². The van der Waals surface area contributed by atoms with Crippen molar-refractivity contribution in [1.82, 2.24) is 0 Å².